The van der Waals surface area contributed by atoms with E-state index in [-0.39, 0.29) is 23.8 Å². The first-order valence-corrected chi connectivity index (χ1v) is 11.5. The Morgan fingerprint density at radius 3 is 2.06 bits per heavy atom. The normalized spacial score (nSPS) is 19.5. The number of hydrogen-bond donors (Lipinski definition) is 0. The highest BCUT2D eigenvalue weighted by molar-refractivity contribution is 6.46. The molecule has 2 heterocycles. The Morgan fingerprint density at radius 1 is 0.735 bits per heavy atom. The molecule has 0 radical (unpaired) electrons. The lowest BCUT2D eigenvalue weighted by atomic mass is 9.88. The standard InChI is InChI=1S/C27H19Cl2N3O2/c28-21-10-6-18(7-11-21)23-14-20(26-16-24(32-34-26)17-4-2-1-3-5-17)15-25(33)27(31-30-23)19-8-12-22(29)13-9-19/h1-13,16,20H,14-15H2/b30-23+,31-27-. The van der Waals surface area contributed by atoms with Gasteiger partial charge in [-0.15, -0.1) is 5.10 Å². The van der Waals surface area contributed by atoms with Gasteiger partial charge in [0.05, 0.1) is 5.71 Å². The van der Waals surface area contributed by atoms with Crippen LogP contribution in [-0.2, 0) is 4.79 Å². The lowest BCUT2D eigenvalue weighted by Gasteiger charge is -2.18. The fourth-order valence-corrected chi connectivity index (χ4v) is 4.16. The summed E-state index contributed by atoms with van der Waals surface area (Å²) in [5, 5.41) is 14.3. The molecular formula is C27H19Cl2N3O2. The average molecular weight is 488 g/mol. The number of carbonyl (C=O) groups is 1. The summed E-state index contributed by atoms with van der Waals surface area (Å²) >= 11 is 12.1. The van der Waals surface area contributed by atoms with Crippen LogP contribution in [0.25, 0.3) is 11.3 Å². The lowest BCUT2D eigenvalue weighted by molar-refractivity contribution is -0.113. The molecule has 1 unspecified atom stereocenters. The summed E-state index contributed by atoms with van der Waals surface area (Å²) in [5.41, 5.74) is 4.24. The molecule has 0 aliphatic carbocycles. The van der Waals surface area contributed by atoms with Gasteiger partial charge in [-0.2, -0.15) is 5.10 Å². The largest absolute Gasteiger partial charge is 0.360 e. The Hall–Kier alpha value is -3.54. The molecule has 0 saturated carbocycles. The Morgan fingerprint density at radius 2 is 1.38 bits per heavy atom. The van der Waals surface area contributed by atoms with Gasteiger partial charge in [0.1, 0.15) is 17.2 Å². The van der Waals surface area contributed by atoms with Crippen molar-refractivity contribution in [2.75, 3.05) is 0 Å². The second-order valence-electron chi connectivity index (χ2n) is 8.02. The van der Waals surface area contributed by atoms with Crippen LogP contribution in [0.2, 0.25) is 10.0 Å². The van der Waals surface area contributed by atoms with E-state index in [0.29, 0.717) is 27.8 Å². The molecule has 168 valence electrons. The van der Waals surface area contributed by atoms with E-state index in [2.05, 4.69) is 15.4 Å². The van der Waals surface area contributed by atoms with Crippen LogP contribution in [0.1, 0.15) is 35.6 Å². The van der Waals surface area contributed by atoms with Crippen LogP contribution in [0.4, 0.5) is 0 Å². The van der Waals surface area contributed by atoms with Crippen LogP contribution >= 0.6 is 23.2 Å². The zero-order valence-electron chi connectivity index (χ0n) is 18.0. The summed E-state index contributed by atoms with van der Waals surface area (Å²) in [6.07, 6.45) is 0.672. The average Bonchev–Trinajstić information content (AvgIpc) is 3.34. The molecule has 0 bridgehead atoms. The van der Waals surface area contributed by atoms with Crippen LogP contribution in [-0.4, -0.2) is 22.4 Å². The van der Waals surface area contributed by atoms with Crippen molar-refractivity contribution < 1.29 is 9.32 Å². The summed E-state index contributed by atoms with van der Waals surface area (Å²) in [7, 11) is 0. The van der Waals surface area contributed by atoms with Crippen molar-refractivity contribution in [2.45, 2.75) is 18.8 Å². The Bertz CT molecular complexity index is 1380. The van der Waals surface area contributed by atoms with Crippen LogP contribution < -0.4 is 0 Å². The van der Waals surface area contributed by atoms with Crippen molar-refractivity contribution >= 4 is 40.4 Å². The number of Topliss-reactive ketones (excluding diaryl/α,β-unsaturated/α-hetero) is 1. The smallest absolute Gasteiger partial charge is 0.184 e. The van der Waals surface area contributed by atoms with E-state index in [9.17, 15) is 4.79 Å². The highest BCUT2D eigenvalue weighted by Crippen LogP contribution is 2.31. The zero-order chi connectivity index (χ0) is 23.5. The number of nitrogens with zero attached hydrogens (tertiary/aromatic N) is 3. The highest BCUT2D eigenvalue weighted by Gasteiger charge is 2.28. The van der Waals surface area contributed by atoms with Crippen LogP contribution in [0.3, 0.4) is 0 Å². The molecule has 5 rings (SSSR count). The van der Waals surface area contributed by atoms with E-state index < -0.39 is 0 Å². The Balaban J connectivity index is 1.55. The summed E-state index contributed by atoms with van der Waals surface area (Å²) in [6.45, 7) is 0. The monoisotopic (exact) mass is 487 g/mol. The number of aromatic nitrogens is 1. The third-order valence-electron chi connectivity index (χ3n) is 5.70. The Kier molecular flexibility index (Phi) is 6.39. The molecule has 1 atom stereocenters. The summed E-state index contributed by atoms with van der Waals surface area (Å²) < 4.78 is 5.73. The molecule has 0 amide bonds. The van der Waals surface area contributed by atoms with Crippen molar-refractivity contribution in [1.29, 1.82) is 0 Å². The summed E-state index contributed by atoms with van der Waals surface area (Å²) in [4.78, 5) is 13.3. The first kappa shape index (κ1) is 22.3. The predicted octanol–water partition coefficient (Wildman–Crippen LogP) is 6.99. The molecule has 3 aromatic carbocycles. The molecule has 1 aromatic heterocycles. The van der Waals surface area contributed by atoms with E-state index in [1.807, 2.05) is 60.7 Å². The zero-order valence-corrected chi connectivity index (χ0v) is 19.5. The molecule has 1 aliphatic rings. The quantitative estimate of drug-likeness (QED) is 0.311. The minimum Gasteiger partial charge on any atom is -0.360 e. The fraction of sp³-hybridized carbons (Fsp3) is 0.111. The minimum atomic E-state index is -0.260. The van der Waals surface area contributed by atoms with Gasteiger partial charge in [0.2, 0.25) is 0 Å². The van der Waals surface area contributed by atoms with E-state index >= 15 is 0 Å². The van der Waals surface area contributed by atoms with E-state index in [4.69, 9.17) is 27.7 Å². The van der Waals surface area contributed by atoms with Crippen LogP contribution in [0.5, 0.6) is 0 Å². The van der Waals surface area contributed by atoms with Gasteiger partial charge in [-0.3, -0.25) is 4.79 Å². The fourth-order valence-electron chi connectivity index (χ4n) is 3.91. The maximum absolute atomic E-state index is 13.3. The first-order valence-electron chi connectivity index (χ1n) is 10.8. The molecule has 1 aliphatic heterocycles. The maximum atomic E-state index is 13.3. The van der Waals surface area contributed by atoms with Gasteiger partial charge in [0.15, 0.2) is 5.78 Å². The van der Waals surface area contributed by atoms with Crippen LogP contribution in [0, 0.1) is 0 Å². The van der Waals surface area contributed by atoms with Gasteiger partial charge in [-0.05, 0) is 29.8 Å². The summed E-state index contributed by atoms with van der Waals surface area (Å²) in [6, 6.07) is 26.1. The third kappa shape index (κ3) is 4.86. The van der Waals surface area contributed by atoms with Gasteiger partial charge in [-0.25, -0.2) is 0 Å². The maximum Gasteiger partial charge on any atom is 0.184 e. The second kappa shape index (κ2) is 9.75. The van der Waals surface area contributed by atoms with Crippen LogP contribution in [0.15, 0.2) is 99.7 Å². The number of hydrogen-bond acceptors (Lipinski definition) is 5. The second-order valence-corrected chi connectivity index (χ2v) is 8.89. The molecule has 34 heavy (non-hydrogen) atoms. The van der Waals surface area contributed by atoms with Gasteiger partial charge in [0, 0.05) is 46.0 Å². The molecule has 0 N–H and O–H groups in total. The molecule has 5 nitrogen and oxygen atoms in total. The van der Waals surface area contributed by atoms with Gasteiger partial charge >= 0.3 is 0 Å². The number of rotatable bonds is 4. The van der Waals surface area contributed by atoms with Crippen molar-refractivity contribution in [3.05, 3.63) is 112 Å². The molecule has 4 aromatic rings. The van der Waals surface area contributed by atoms with Crippen molar-refractivity contribution in [3.63, 3.8) is 0 Å². The van der Waals surface area contributed by atoms with Crippen molar-refractivity contribution in [1.82, 2.24) is 5.16 Å². The molecular weight excluding hydrogens is 469 g/mol. The molecule has 0 spiro atoms. The third-order valence-corrected chi connectivity index (χ3v) is 6.21. The molecule has 0 saturated heterocycles. The van der Waals surface area contributed by atoms with Crippen molar-refractivity contribution in [2.24, 2.45) is 10.2 Å². The number of benzene rings is 3. The van der Waals surface area contributed by atoms with Gasteiger partial charge in [0.25, 0.3) is 0 Å². The number of ketones is 1. The number of carbonyl (C=O) groups excluding carboxylic acids is 1. The molecule has 7 heteroatoms. The minimum absolute atomic E-state index is 0.121. The molecule has 0 fully saturated rings. The summed E-state index contributed by atoms with van der Waals surface area (Å²) in [5.74, 6) is 0.250. The topological polar surface area (TPSA) is 67.8 Å². The van der Waals surface area contributed by atoms with E-state index in [1.54, 1.807) is 24.3 Å². The SMILES string of the molecule is O=C1CC(c2cc(-c3ccccc3)no2)C/C(c2ccc(Cl)cc2)=N\N=C/1c1ccc(Cl)cc1. The van der Waals surface area contributed by atoms with E-state index in [0.717, 1.165) is 22.5 Å². The first-order chi connectivity index (χ1) is 16.6. The van der Waals surface area contributed by atoms with Gasteiger partial charge in [-0.1, -0.05) is 83.0 Å². The lowest BCUT2D eigenvalue weighted by Crippen LogP contribution is -2.22. The van der Waals surface area contributed by atoms with Crippen molar-refractivity contribution in [3.8, 4) is 11.3 Å². The number of halogens is 2. The predicted molar refractivity (Wildman–Crippen MR) is 135 cm³/mol. The highest BCUT2D eigenvalue weighted by atomic mass is 35.5. The van der Waals surface area contributed by atoms with E-state index in [1.165, 1.54) is 0 Å². The van der Waals surface area contributed by atoms with Gasteiger partial charge < -0.3 is 4.52 Å². The Labute approximate surface area is 206 Å².